The van der Waals surface area contributed by atoms with Crippen molar-refractivity contribution in [3.63, 3.8) is 0 Å². The number of aromatic nitrogens is 3. The first kappa shape index (κ1) is 11.3. The van der Waals surface area contributed by atoms with Crippen molar-refractivity contribution in [3.8, 4) is 0 Å². The van der Waals surface area contributed by atoms with E-state index in [9.17, 15) is 9.18 Å². The number of carbonyl (C=O) groups excluding carboxylic acids is 1. The van der Waals surface area contributed by atoms with Gasteiger partial charge in [0, 0.05) is 12.6 Å². The van der Waals surface area contributed by atoms with Crippen LogP contribution in [0.4, 0.5) is 10.3 Å². The highest BCUT2D eigenvalue weighted by atomic mass is 19.1. The third kappa shape index (κ3) is 2.30. The van der Waals surface area contributed by atoms with E-state index in [2.05, 4.69) is 15.5 Å². The average Bonchev–Trinajstić information content (AvgIpc) is 2.64. The summed E-state index contributed by atoms with van der Waals surface area (Å²) in [6.45, 7) is 1.68. The molecule has 0 aliphatic carbocycles. The monoisotopic (exact) mass is 234 g/mol. The van der Waals surface area contributed by atoms with E-state index in [1.165, 1.54) is 24.5 Å². The number of benzene rings is 1. The molecule has 5 nitrogen and oxygen atoms in total. The third-order valence-electron chi connectivity index (χ3n) is 2.37. The molecule has 6 heteroatoms. The summed E-state index contributed by atoms with van der Waals surface area (Å²) >= 11 is 0. The molecule has 2 aromatic rings. The summed E-state index contributed by atoms with van der Waals surface area (Å²) in [5.74, 6) is -0.352. The Morgan fingerprint density at radius 3 is 2.82 bits per heavy atom. The first-order valence-electron chi connectivity index (χ1n) is 4.99. The number of nitrogens with zero attached hydrogens (tertiary/aromatic N) is 3. The SMILES string of the molecule is Cc1cc(F)ccc1C(=O)Nc1nncn1C. The van der Waals surface area contributed by atoms with Gasteiger partial charge in [-0.15, -0.1) is 10.2 Å². The van der Waals surface area contributed by atoms with Gasteiger partial charge >= 0.3 is 0 Å². The van der Waals surface area contributed by atoms with Crippen LogP contribution in [0.25, 0.3) is 0 Å². The van der Waals surface area contributed by atoms with E-state index >= 15 is 0 Å². The highest BCUT2D eigenvalue weighted by Gasteiger charge is 2.12. The predicted octanol–water partition coefficient (Wildman–Crippen LogP) is 1.51. The van der Waals surface area contributed by atoms with Gasteiger partial charge in [0.05, 0.1) is 0 Å². The second kappa shape index (κ2) is 4.32. The molecule has 1 aromatic heterocycles. The van der Waals surface area contributed by atoms with Crippen LogP contribution in [0.2, 0.25) is 0 Å². The standard InChI is InChI=1S/C11H11FN4O/c1-7-5-8(12)3-4-9(7)10(17)14-11-15-13-6-16(11)2/h3-6H,1-2H3,(H,14,15,17). The number of halogens is 1. The number of aryl methyl sites for hydroxylation is 2. The number of hydrogen-bond donors (Lipinski definition) is 1. The molecule has 1 heterocycles. The number of rotatable bonds is 2. The molecule has 0 radical (unpaired) electrons. The van der Waals surface area contributed by atoms with E-state index in [0.717, 1.165) is 0 Å². The zero-order valence-electron chi connectivity index (χ0n) is 9.44. The number of hydrogen-bond acceptors (Lipinski definition) is 3. The zero-order chi connectivity index (χ0) is 12.4. The molecule has 17 heavy (non-hydrogen) atoms. The molecule has 1 amide bonds. The Morgan fingerprint density at radius 2 is 2.24 bits per heavy atom. The van der Waals surface area contributed by atoms with Crippen LogP contribution in [-0.2, 0) is 7.05 Å². The highest BCUT2D eigenvalue weighted by Crippen LogP contribution is 2.12. The van der Waals surface area contributed by atoms with Crippen LogP contribution in [0.3, 0.4) is 0 Å². The minimum atomic E-state index is -0.363. The fourth-order valence-electron chi connectivity index (χ4n) is 1.45. The van der Waals surface area contributed by atoms with Gasteiger partial charge in [-0.05, 0) is 30.7 Å². The minimum absolute atomic E-state index is 0.335. The van der Waals surface area contributed by atoms with Crippen molar-refractivity contribution in [1.82, 2.24) is 14.8 Å². The number of amides is 1. The highest BCUT2D eigenvalue weighted by molar-refractivity contribution is 6.04. The lowest BCUT2D eigenvalue weighted by Gasteiger charge is -2.06. The molecule has 0 spiro atoms. The van der Waals surface area contributed by atoms with E-state index < -0.39 is 0 Å². The van der Waals surface area contributed by atoms with Crippen molar-refractivity contribution in [2.45, 2.75) is 6.92 Å². The molecule has 0 atom stereocenters. The van der Waals surface area contributed by atoms with Crippen molar-refractivity contribution < 1.29 is 9.18 Å². The quantitative estimate of drug-likeness (QED) is 0.856. The molecule has 1 N–H and O–H groups in total. The molecule has 0 fully saturated rings. The minimum Gasteiger partial charge on any atom is -0.303 e. The summed E-state index contributed by atoms with van der Waals surface area (Å²) < 4.78 is 14.5. The Balaban J connectivity index is 2.23. The van der Waals surface area contributed by atoms with Gasteiger partial charge in [0.25, 0.3) is 5.91 Å². The molecule has 0 unspecified atom stereocenters. The summed E-state index contributed by atoms with van der Waals surface area (Å²) in [6, 6.07) is 4.00. The summed E-state index contributed by atoms with van der Waals surface area (Å²) in [7, 11) is 1.72. The summed E-state index contributed by atoms with van der Waals surface area (Å²) in [5.41, 5.74) is 0.985. The fraction of sp³-hybridized carbons (Fsp3) is 0.182. The van der Waals surface area contributed by atoms with E-state index in [4.69, 9.17) is 0 Å². The molecule has 1 aromatic carbocycles. The van der Waals surface area contributed by atoms with Gasteiger partial charge in [-0.3, -0.25) is 10.1 Å². The van der Waals surface area contributed by atoms with Gasteiger partial charge < -0.3 is 4.57 Å². The first-order chi connectivity index (χ1) is 8.08. The Morgan fingerprint density at radius 1 is 1.47 bits per heavy atom. The average molecular weight is 234 g/mol. The van der Waals surface area contributed by atoms with Crippen molar-refractivity contribution >= 4 is 11.9 Å². The maximum atomic E-state index is 12.9. The number of carbonyl (C=O) groups is 1. The molecule has 2 rings (SSSR count). The van der Waals surface area contributed by atoms with Crippen LogP contribution >= 0.6 is 0 Å². The maximum absolute atomic E-state index is 12.9. The lowest BCUT2D eigenvalue weighted by Crippen LogP contribution is -2.16. The molecule has 0 aliphatic rings. The molecule has 0 saturated heterocycles. The molecule has 0 saturated carbocycles. The van der Waals surface area contributed by atoms with Crippen LogP contribution in [0.1, 0.15) is 15.9 Å². The van der Waals surface area contributed by atoms with Crippen LogP contribution < -0.4 is 5.32 Å². The first-order valence-corrected chi connectivity index (χ1v) is 4.99. The second-order valence-corrected chi connectivity index (χ2v) is 3.68. The van der Waals surface area contributed by atoms with Crippen LogP contribution in [0, 0.1) is 12.7 Å². The Labute approximate surface area is 97.3 Å². The summed E-state index contributed by atoms with van der Waals surface area (Å²) in [6.07, 6.45) is 1.48. The zero-order valence-corrected chi connectivity index (χ0v) is 9.44. The largest absolute Gasteiger partial charge is 0.303 e. The topological polar surface area (TPSA) is 59.8 Å². The predicted molar refractivity (Wildman–Crippen MR) is 60.1 cm³/mol. The van der Waals surface area contributed by atoms with Crippen molar-refractivity contribution in [2.24, 2.45) is 7.05 Å². The van der Waals surface area contributed by atoms with Gasteiger partial charge in [-0.25, -0.2) is 4.39 Å². The van der Waals surface area contributed by atoms with Crippen LogP contribution in [-0.4, -0.2) is 20.7 Å². The lowest BCUT2D eigenvalue weighted by molar-refractivity contribution is 0.102. The fourth-order valence-corrected chi connectivity index (χ4v) is 1.45. The van der Waals surface area contributed by atoms with Gasteiger partial charge in [-0.1, -0.05) is 0 Å². The molecule has 88 valence electrons. The van der Waals surface area contributed by atoms with Crippen molar-refractivity contribution in [2.75, 3.05) is 5.32 Å². The van der Waals surface area contributed by atoms with Crippen molar-refractivity contribution in [1.29, 1.82) is 0 Å². The normalized spacial score (nSPS) is 10.3. The van der Waals surface area contributed by atoms with E-state index in [-0.39, 0.29) is 11.7 Å². The summed E-state index contributed by atoms with van der Waals surface area (Å²) in [5, 5.41) is 9.97. The van der Waals surface area contributed by atoms with E-state index in [0.29, 0.717) is 17.1 Å². The Kier molecular flexibility index (Phi) is 2.86. The van der Waals surface area contributed by atoms with Gasteiger partial charge in [-0.2, -0.15) is 0 Å². The second-order valence-electron chi connectivity index (χ2n) is 3.68. The summed E-state index contributed by atoms with van der Waals surface area (Å²) in [4.78, 5) is 11.9. The molecule has 0 bridgehead atoms. The Bertz CT molecular complexity index is 564. The van der Waals surface area contributed by atoms with Crippen LogP contribution in [0.5, 0.6) is 0 Å². The number of nitrogens with one attached hydrogen (secondary N) is 1. The smallest absolute Gasteiger partial charge is 0.258 e. The molecular formula is C11H11FN4O. The maximum Gasteiger partial charge on any atom is 0.258 e. The van der Waals surface area contributed by atoms with Crippen LogP contribution in [0.15, 0.2) is 24.5 Å². The molecular weight excluding hydrogens is 223 g/mol. The van der Waals surface area contributed by atoms with E-state index in [1.54, 1.807) is 18.5 Å². The van der Waals surface area contributed by atoms with Gasteiger partial charge in [0.1, 0.15) is 12.1 Å². The Hall–Kier alpha value is -2.24. The van der Waals surface area contributed by atoms with Gasteiger partial charge in [0.15, 0.2) is 0 Å². The van der Waals surface area contributed by atoms with Gasteiger partial charge in [0.2, 0.25) is 5.95 Å². The van der Waals surface area contributed by atoms with Crippen molar-refractivity contribution in [3.05, 3.63) is 41.5 Å². The third-order valence-corrected chi connectivity index (χ3v) is 2.37. The van der Waals surface area contributed by atoms with E-state index in [1.807, 2.05) is 0 Å². The lowest BCUT2D eigenvalue weighted by atomic mass is 10.1. The molecule has 0 aliphatic heterocycles. The number of anilines is 1.